The van der Waals surface area contributed by atoms with Gasteiger partial charge in [0.05, 0.1) is 26.1 Å². The van der Waals surface area contributed by atoms with Gasteiger partial charge < -0.3 is 19.9 Å². The number of ether oxygens (including phenoxy) is 2. The maximum absolute atomic E-state index is 12.8. The number of benzene rings is 1. The summed E-state index contributed by atoms with van der Waals surface area (Å²) in [6.45, 7) is 0. The maximum atomic E-state index is 12.8. The molecule has 3 saturated carbocycles. The minimum Gasteiger partial charge on any atom is -0.497 e. The normalized spacial score (nSPS) is 28.2. The number of rotatable bonds is 5. The van der Waals surface area contributed by atoms with Crippen LogP contribution in [0.4, 0.5) is 5.69 Å². The highest BCUT2D eigenvalue weighted by Crippen LogP contribution is 2.49. The van der Waals surface area contributed by atoms with Gasteiger partial charge in [0.25, 0.3) is 0 Å². The van der Waals surface area contributed by atoms with E-state index in [9.17, 15) is 14.7 Å². The Morgan fingerprint density at radius 1 is 0.958 bits per heavy atom. The van der Waals surface area contributed by atoms with Crippen LogP contribution >= 0.6 is 0 Å². The Morgan fingerprint density at radius 2 is 1.46 bits per heavy atom. The third-order valence-corrected chi connectivity index (χ3v) is 5.43. The third-order valence-electron chi connectivity index (χ3n) is 5.43. The second kappa shape index (κ2) is 6.71. The Labute approximate surface area is 141 Å². The number of nitrogens with one attached hydrogen (secondary N) is 1. The zero-order valence-electron chi connectivity index (χ0n) is 14.0. The van der Waals surface area contributed by atoms with Crippen molar-refractivity contribution in [1.29, 1.82) is 0 Å². The molecule has 6 nitrogen and oxygen atoms in total. The van der Waals surface area contributed by atoms with E-state index in [0.717, 1.165) is 25.7 Å². The lowest BCUT2D eigenvalue weighted by Gasteiger charge is -2.45. The van der Waals surface area contributed by atoms with E-state index >= 15 is 0 Å². The van der Waals surface area contributed by atoms with Crippen molar-refractivity contribution >= 4 is 17.6 Å². The van der Waals surface area contributed by atoms with Crippen molar-refractivity contribution in [1.82, 2.24) is 0 Å². The van der Waals surface area contributed by atoms with Gasteiger partial charge >= 0.3 is 5.97 Å². The molecule has 1 aromatic rings. The van der Waals surface area contributed by atoms with E-state index in [-0.39, 0.29) is 17.7 Å². The maximum Gasteiger partial charge on any atom is 0.307 e. The highest BCUT2D eigenvalue weighted by molar-refractivity contribution is 5.96. The van der Waals surface area contributed by atoms with Crippen LogP contribution in [0, 0.1) is 23.7 Å². The van der Waals surface area contributed by atoms with Crippen molar-refractivity contribution in [2.45, 2.75) is 25.7 Å². The SMILES string of the molecule is COc1cc(NC(=O)[C@H]2C3CCC(CC3)[C@@H]2C(=O)O)cc(OC)c1. The molecule has 3 aliphatic carbocycles. The monoisotopic (exact) mass is 333 g/mol. The van der Waals surface area contributed by atoms with E-state index in [4.69, 9.17) is 9.47 Å². The van der Waals surface area contributed by atoms with Crippen molar-refractivity contribution in [3.8, 4) is 11.5 Å². The molecule has 0 radical (unpaired) electrons. The summed E-state index contributed by atoms with van der Waals surface area (Å²) in [7, 11) is 3.09. The molecule has 0 unspecified atom stereocenters. The molecule has 1 amide bonds. The predicted octanol–water partition coefficient (Wildman–Crippen LogP) is 2.78. The smallest absolute Gasteiger partial charge is 0.307 e. The van der Waals surface area contributed by atoms with Gasteiger partial charge in [-0.2, -0.15) is 0 Å². The summed E-state index contributed by atoms with van der Waals surface area (Å²) in [5.74, 6) is -0.696. The number of carboxylic acid groups (broad SMARTS) is 1. The van der Waals surface area contributed by atoms with Gasteiger partial charge in [-0.1, -0.05) is 0 Å². The molecule has 0 heterocycles. The molecular formula is C18H23NO5. The van der Waals surface area contributed by atoms with Gasteiger partial charge in [-0.15, -0.1) is 0 Å². The largest absolute Gasteiger partial charge is 0.497 e. The third kappa shape index (κ3) is 3.05. The fourth-order valence-corrected chi connectivity index (χ4v) is 4.29. The Hall–Kier alpha value is -2.24. The zero-order chi connectivity index (χ0) is 17.3. The first-order chi connectivity index (χ1) is 11.5. The van der Waals surface area contributed by atoms with E-state index in [1.165, 1.54) is 0 Å². The minimum atomic E-state index is -0.854. The van der Waals surface area contributed by atoms with Crippen molar-refractivity contribution in [2.24, 2.45) is 23.7 Å². The highest BCUT2D eigenvalue weighted by atomic mass is 16.5. The van der Waals surface area contributed by atoms with Crippen LogP contribution in [0.25, 0.3) is 0 Å². The Balaban J connectivity index is 1.82. The molecule has 6 heteroatoms. The summed E-state index contributed by atoms with van der Waals surface area (Å²) in [5, 5.41) is 12.5. The van der Waals surface area contributed by atoms with E-state index < -0.39 is 17.8 Å². The van der Waals surface area contributed by atoms with Gasteiger partial charge in [0.2, 0.25) is 5.91 Å². The summed E-state index contributed by atoms with van der Waals surface area (Å²) in [6, 6.07) is 5.13. The lowest BCUT2D eigenvalue weighted by atomic mass is 9.58. The lowest BCUT2D eigenvalue weighted by Crippen LogP contribution is -2.49. The first-order valence-electron chi connectivity index (χ1n) is 8.30. The average Bonchev–Trinajstić information content (AvgIpc) is 2.61. The van der Waals surface area contributed by atoms with Crippen molar-refractivity contribution in [3.63, 3.8) is 0 Å². The zero-order valence-corrected chi connectivity index (χ0v) is 14.0. The first kappa shape index (κ1) is 16.6. The van der Waals surface area contributed by atoms with Gasteiger partial charge in [-0.05, 0) is 37.5 Å². The number of carboxylic acids is 1. The summed E-state index contributed by atoms with van der Waals surface area (Å²) >= 11 is 0. The number of amides is 1. The first-order valence-corrected chi connectivity index (χ1v) is 8.30. The Bertz CT molecular complexity index is 614. The second-order valence-electron chi connectivity index (χ2n) is 6.66. The van der Waals surface area contributed by atoms with Gasteiger partial charge in [-0.3, -0.25) is 9.59 Å². The summed E-state index contributed by atoms with van der Waals surface area (Å²) < 4.78 is 10.4. The van der Waals surface area contributed by atoms with Crippen LogP contribution in [0.2, 0.25) is 0 Å². The van der Waals surface area contributed by atoms with Gasteiger partial charge in [0.15, 0.2) is 0 Å². The molecule has 2 bridgehead atoms. The van der Waals surface area contributed by atoms with Crippen LogP contribution in [0.1, 0.15) is 25.7 Å². The molecule has 0 saturated heterocycles. The van der Waals surface area contributed by atoms with Gasteiger partial charge in [0.1, 0.15) is 11.5 Å². The summed E-state index contributed by atoms with van der Waals surface area (Å²) in [5.41, 5.74) is 0.557. The Morgan fingerprint density at radius 3 is 1.92 bits per heavy atom. The highest BCUT2D eigenvalue weighted by Gasteiger charge is 2.50. The molecule has 0 spiro atoms. The molecular weight excluding hydrogens is 310 g/mol. The number of carbonyl (C=O) groups is 2. The molecule has 3 fully saturated rings. The van der Waals surface area contributed by atoms with Crippen molar-refractivity contribution in [2.75, 3.05) is 19.5 Å². The van der Waals surface area contributed by atoms with Crippen LogP contribution < -0.4 is 14.8 Å². The number of methoxy groups -OCH3 is 2. The van der Waals surface area contributed by atoms with Crippen molar-refractivity contribution in [3.05, 3.63) is 18.2 Å². The standard InChI is InChI=1S/C18H23NO5/c1-23-13-7-12(8-14(9-13)24-2)19-17(20)15-10-3-5-11(6-4-10)16(15)18(21)22/h7-11,15-16H,3-6H2,1-2H3,(H,19,20)(H,21,22)/t10?,11?,15-,16-/m0/s1. The molecule has 0 aromatic heterocycles. The molecule has 24 heavy (non-hydrogen) atoms. The summed E-state index contributed by atoms with van der Waals surface area (Å²) in [4.78, 5) is 24.5. The van der Waals surface area contributed by atoms with Gasteiger partial charge in [0, 0.05) is 23.9 Å². The van der Waals surface area contributed by atoms with Gasteiger partial charge in [-0.25, -0.2) is 0 Å². The number of carbonyl (C=O) groups excluding carboxylic acids is 1. The van der Waals surface area contributed by atoms with E-state index in [1.807, 2.05) is 0 Å². The Kier molecular flexibility index (Phi) is 4.64. The summed E-state index contributed by atoms with van der Waals surface area (Å²) in [6.07, 6.45) is 3.71. The molecule has 2 atom stereocenters. The molecule has 1 aromatic carbocycles. The molecule has 3 aliphatic rings. The van der Waals surface area contributed by atoms with Crippen LogP contribution in [-0.2, 0) is 9.59 Å². The predicted molar refractivity (Wildman–Crippen MR) is 88.2 cm³/mol. The fraction of sp³-hybridized carbons (Fsp3) is 0.556. The van der Waals surface area contributed by atoms with E-state index in [0.29, 0.717) is 17.2 Å². The molecule has 4 rings (SSSR count). The van der Waals surface area contributed by atoms with E-state index in [1.54, 1.807) is 32.4 Å². The lowest BCUT2D eigenvalue weighted by molar-refractivity contribution is -0.156. The minimum absolute atomic E-state index is 0.114. The van der Waals surface area contributed by atoms with Crippen LogP contribution in [-0.4, -0.2) is 31.2 Å². The number of hydrogen-bond donors (Lipinski definition) is 2. The fourth-order valence-electron chi connectivity index (χ4n) is 4.29. The topological polar surface area (TPSA) is 84.9 Å². The van der Waals surface area contributed by atoms with E-state index in [2.05, 4.69) is 5.32 Å². The molecule has 130 valence electrons. The van der Waals surface area contributed by atoms with Crippen LogP contribution in [0.15, 0.2) is 18.2 Å². The number of hydrogen-bond acceptors (Lipinski definition) is 4. The molecule has 2 N–H and O–H groups in total. The number of aliphatic carboxylic acids is 1. The molecule has 0 aliphatic heterocycles. The average molecular weight is 333 g/mol. The number of anilines is 1. The quantitative estimate of drug-likeness (QED) is 0.865. The number of fused-ring (bicyclic) bond motifs is 3. The van der Waals surface area contributed by atoms with Crippen LogP contribution in [0.3, 0.4) is 0 Å². The van der Waals surface area contributed by atoms with Crippen molar-refractivity contribution < 1.29 is 24.2 Å². The second-order valence-corrected chi connectivity index (χ2v) is 6.66. The van der Waals surface area contributed by atoms with Crippen LogP contribution in [0.5, 0.6) is 11.5 Å².